The Morgan fingerprint density at radius 3 is 3.00 bits per heavy atom. The standard InChI is InChI=1S/C10H8N2O/c13-7-3-6-12-10-5-2-1-4-9(10)8-11-12/h1-8H/b6-3+. The highest BCUT2D eigenvalue weighted by molar-refractivity contribution is 5.81. The second-order valence-corrected chi connectivity index (χ2v) is 2.63. The van der Waals surface area contributed by atoms with Crippen molar-refractivity contribution in [1.29, 1.82) is 0 Å². The Morgan fingerprint density at radius 1 is 1.31 bits per heavy atom. The lowest BCUT2D eigenvalue weighted by Gasteiger charge is -1.92. The van der Waals surface area contributed by atoms with Crippen LogP contribution in [0.5, 0.6) is 0 Å². The molecule has 0 amide bonds. The van der Waals surface area contributed by atoms with E-state index in [2.05, 4.69) is 5.10 Å². The third-order valence-corrected chi connectivity index (χ3v) is 1.81. The summed E-state index contributed by atoms with van der Waals surface area (Å²) in [5.74, 6) is 0. The fraction of sp³-hybridized carbons (Fsp3) is 0. The summed E-state index contributed by atoms with van der Waals surface area (Å²) in [6.45, 7) is 0. The molecule has 0 bridgehead atoms. The summed E-state index contributed by atoms with van der Waals surface area (Å²) in [5, 5.41) is 5.17. The van der Waals surface area contributed by atoms with Gasteiger partial charge in [-0.2, -0.15) is 5.10 Å². The van der Waals surface area contributed by atoms with E-state index >= 15 is 0 Å². The van der Waals surface area contributed by atoms with Gasteiger partial charge in [0, 0.05) is 11.6 Å². The van der Waals surface area contributed by atoms with E-state index in [-0.39, 0.29) is 0 Å². The highest BCUT2D eigenvalue weighted by Gasteiger charge is 1.96. The van der Waals surface area contributed by atoms with Crippen LogP contribution in [0.3, 0.4) is 0 Å². The molecule has 0 saturated heterocycles. The van der Waals surface area contributed by atoms with E-state index in [1.807, 2.05) is 24.3 Å². The molecule has 0 unspecified atom stereocenters. The van der Waals surface area contributed by atoms with Gasteiger partial charge in [0.25, 0.3) is 0 Å². The Bertz CT molecular complexity index is 457. The molecular formula is C10H8N2O. The molecule has 64 valence electrons. The van der Waals surface area contributed by atoms with Crippen LogP contribution in [0.25, 0.3) is 17.1 Å². The largest absolute Gasteiger partial charge is 0.299 e. The Hall–Kier alpha value is -1.90. The van der Waals surface area contributed by atoms with E-state index in [9.17, 15) is 4.79 Å². The molecule has 1 heterocycles. The maximum atomic E-state index is 10.1. The van der Waals surface area contributed by atoms with Crippen LogP contribution in [-0.2, 0) is 4.79 Å². The quantitative estimate of drug-likeness (QED) is 0.510. The lowest BCUT2D eigenvalue weighted by atomic mass is 10.3. The molecule has 0 N–H and O–H groups in total. The number of aldehydes is 1. The van der Waals surface area contributed by atoms with Crippen molar-refractivity contribution in [3.05, 3.63) is 36.5 Å². The molecule has 0 atom stereocenters. The van der Waals surface area contributed by atoms with Crippen LogP contribution in [-0.4, -0.2) is 16.1 Å². The normalized spacial score (nSPS) is 11.1. The third kappa shape index (κ3) is 1.36. The smallest absolute Gasteiger partial charge is 0.144 e. The number of rotatable bonds is 2. The van der Waals surface area contributed by atoms with Crippen molar-refractivity contribution in [2.45, 2.75) is 0 Å². The van der Waals surface area contributed by atoms with E-state index in [1.54, 1.807) is 17.1 Å². The van der Waals surface area contributed by atoms with Crippen LogP contribution in [0.15, 0.2) is 36.5 Å². The Kier molecular flexibility index (Phi) is 1.92. The van der Waals surface area contributed by atoms with Crippen molar-refractivity contribution in [3.8, 4) is 0 Å². The first-order valence-corrected chi connectivity index (χ1v) is 3.96. The maximum absolute atomic E-state index is 10.1. The number of benzene rings is 1. The van der Waals surface area contributed by atoms with Gasteiger partial charge in [0.1, 0.15) is 6.29 Å². The third-order valence-electron chi connectivity index (χ3n) is 1.81. The van der Waals surface area contributed by atoms with Crippen LogP contribution in [0, 0.1) is 0 Å². The number of allylic oxidation sites excluding steroid dienone is 1. The van der Waals surface area contributed by atoms with Gasteiger partial charge < -0.3 is 0 Å². The van der Waals surface area contributed by atoms with Crippen molar-refractivity contribution in [3.63, 3.8) is 0 Å². The fourth-order valence-electron chi connectivity index (χ4n) is 1.23. The molecule has 1 aromatic heterocycles. The number of hydrogen-bond acceptors (Lipinski definition) is 2. The highest BCUT2D eigenvalue weighted by Crippen LogP contribution is 2.12. The van der Waals surface area contributed by atoms with Crippen molar-refractivity contribution in [2.24, 2.45) is 0 Å². The summed E-state index contributed by atoms with van der Waals surface area (Å²) < 4.78 is 1.67. The van der Waals surface area contributed by atoms with Gasteiger partial charge in [-0.05, 0) is 12.1 Å². The van der Waals surface area contributed by atoms with Gasteiger partial charge in [0.05, 0.1) is 11.7 Å². The molecule has 0 aliphatic carbocycles. The van der Waals surface area contributed by atoms with Crippen molar-refractivity contribution >= 4 is 23.4 Å². The molecule has 0 radical (unpaired) electrons. The summed E-state index contributed by atoms with van der Waals surface area (Å²) in [7, 11) is 0. The van der Waals surface area contributed by atoms with E-state index < -0.39 is 0 Å². The molecular weight excluding hydrogens is 164 g/mol. The molecule has 13 heavy (non-hydrogen) atoms. The van der Waals surface area contributed by atoms with E-state index in [0.717, 1.165) is 17.2 Å². The maximum Gasteiger partial charge on any atom is 0.144 e. The van der Waals surface area contributed by atoms with E-state index in [4.69, 9.17) is 0 Å². The molecule has 0 spiro atoms. The molecule has 0 saturated carbocycles. The lowest BCUT2D eigenvalue weighted by Crippen LogP contribution is -1.87. The SMILES string of the molecule is O=C/C=C/n1ncc2ccccc21. The zero-order valence-electron chi connectivity index (χ0n) is 6.92. The van der Waals surface area contributed by atoms with Gasteiger partial charge in [-0.15, -0.1) is 0 Å². The zero-order chi connectivity index (χ0) is 9.10. The number of aromatic nitrogens is 2. The van der Waals surface area contributed by atoms with Crippen molar-refractivity contribution in [2.75, 3.05) is 0 Å². The predicted octanol–water partition coefficient (Wildman–Crippen LogP) is 1.71. The molecule has 3 nitrogen and oxygen atoms in total. The zero-order valence-corrected chi connectivity index (χ0v) is 6.92. The van der Waals surface area contributed by atoms with E-state index in [0.29, 0.717) is 0 Å². The second kappa shape index (κ2) is 3.23. The Labute approximate surface area is 75.3 Å². The van der Waals surface area contributed by atoms with Crippen LogP contribution < -0.4 is 0 Å². The number of hydrogen-bond donors (Lipinski definition) is 0. The van der Waals surface area contributed by atoms with Gasteiger partial charge in [-0.1, -0.05) is 18.2 Å². The minimum absolute atomic E-state index is 0.733. The molecule has 0 aliphatic rings. The highest BCUT2D eigenvalue weighted by atomic mass is 16.1. The number of para-hydroxylation sites is 1. The lowest BCUT2D eigenvalue weighted by molar-refractivity contribution is -0.104. The first kappa shape index (κ1) is 7.73. The van der Waals surface area contributed by atoms with Crippen molar-refractivity contribution in [1.82, 2.24) is 9.78 Å². The predicted molar refractivity (Wildman–Crippen MR) is 51.1 cm³/mol. The average Bonchev–Trinajstić information content (AvgIpc) is 2.58. The fourth-order valence-corrected chi connectivity index (χ4v) is 1.23. The van der Waals surface area contributed by atoms with Crippen molar-refractivity contribution < 1.29 is 4.79 Å². The van der Waals surface area contributed by atoms with Crippen LogP contribution in [0.4, 0.5) is 0 Å². The van der Waals surface area contributed by atoms with E-state index in [1.165, 1.54) is 6.08 Å². The van der Waals surface area contributed by atoms with Crippen LogP contribution in [0.2, 0.25) is 0 Å². The molecule has 0 fully saturated rings. The minimum Gasteiger partial charge on any atom is -0.299 e. The number of nitrogens with zero attached hydrogens (tertiary/aromatic N) is 2. The minimum atomic E-state index is 0.733. The summed E-state index contributed by atoms with van der Waals surface area (Å²) >= 11 is 0. The molecule has 3 heteroatoms. The summed E-state index contributed by atoms with van der Waals surface area (Å²) in [4.78, 5) is 10.1. The van der Waals surface area contributed by atoms with Gasteiger partial charge >= 0.3 is 0 Å². The van der Waals surface area contributed by atoms with Gasteiger partial charge in [0.15, 0.2) is 0 Å². The summed E-state index contributed by atoms with van der Waals surface area (Å²) in [6.07, 6.45) is 5.55. The Morgan fingerprint density at radius 2 is 2.15 bits per heavy atom. The Balaban J connectivity index is 2.57. The monoisotopic (exact) mass is 172 g/mol. The summed E-state index contributed by atoms with van der Waals surface area (Å²) in [6, 6.07) is 7.83. The second-order valence-electron chi connectivity index (χ2n) is 2.63. The number of carbonyl (C=O) groups is 1. The summed E-state index contributed by atoms with van der Waals surface area (Å²) in [5.41, 5.74) is 1.00. The average molecular weight is 172 g/mol. The van der Waals surface area contributed by atoms with Crippen LogP contribution in [0.1, 0.15) is 0 Å². The molecule has 2 aromatic rings. The molecule has 2 rings (SSSR count). The first-order valence-electron chi connectivity index (χ1n) is 3.96. The first-order chi connectivity index (χ1) is 6.42. The molecule has 0 aliphatic heterocycles. The molecule has 1 aromatic carbocycles. The number of fused-ring (bicyclic) bond motifs is 1. The van der Waals surface area contributed by atoms with Crippen LogP contribution >= 0.6 is 0 Å². The van der Waals surface area contributed by atoms with Gasteiger partial charge in [0.2, 0.25) is 0 Å². The number of carbonyl (C=O) groups excluding carboxylic acids is 1. The van der Waals surface area contributed by atoms with Gasteiger partial charge in [-0.25, -0.2) is 4.68 Å². The topological polar surface area (TPSA) is 34.9 Å². The van der Waals surface area contributed by atoms with Gasteiger partial charge in [-0.3, -0.25) is 4.79 Å².